The van der Waals surface area contributed by atoms with Crippen LogP contribution < -0.4 is 10.9 Å². The number of rotatable bonds is 4. The van der Waals surface area contributed by atoms with Crippen molar-refractivity contribution in [3.63, 3.8) is 0 Å². The fourth-order valence-electron chi connectivity index (χ4n) is 2.50. The number of nitrogens with one attached hydrogen (secondary N) is 1. The van der Waals surface area contributed by atoms with Crippen molar-refractivity contribution in [3.05, 3.63) is 64.3 Å². The first kappa shape index (κ1) is 15.6. The SMILES string of the molecule is CCNCc1ccc(-c2ccnc3c2ccc(=O)n3Cl)c(F)c1. The number of aromatic nitrogens is 2. The molecule has 0 atom stereocenters. The number of hydrogen-bond acceptors (Lipinski definition) is 3. The molecule has 0 aliphatic rings. The maximum absolute atomic E-state index is 14.5. The highest BCUT2D eigenvalue weighted by molar-refractivity contribution is 6.18. The summed E-state index contributed by atoms with van der Waals surface area (Å²) in [5.41, 5.74) is 1.92. The molecule has 3 rings (SSSR count). The summed E-state index contributed by atoms with van der Waals surface area (Å²) < 4.78 is 15.5. The maximum Gasteiger partial charge on any atom is 0.266 e. The van der Waals surface area contributed by atoms with Crippen molar-refractivity contribution in [2.75, 3.05) is 6.54 Å². The molecule has 0 spiro atoms. The molecule has 4 nitrogen and oxygen atoms in total. The molecule has 0 saturated heterocycles. The summed E-state index contributed by atoms with van der Waals surface area (Å²) in [5.74, 6) is -0.319. The van der Waals surface area contributed by atoms with Gasteiger partial charge in [-0.2, -0.15) is 4.09 Å². The largest absolute Gasteiger partial charge is 0.313 e. The van der Waals surface area contributed by atoms with Gasteiger partial charge in [-0.05, 0) is 35.9 Å². The molecule has 0 radical (unpaired) electrons. The van der Waals surface area contributed by atoms with E-state index in [2.05, 4.69) is 10.3 Å². The number of nitrogens with zero attached hydrogens (tertiary/aromatic N) is 2. The normalized spacial score (nSPS) is 11.1. The summed E-state index contributed by atoms with van der Waals surface area (Å²) in [6.45, 7) is 3.44. The number of pyridine rings is 2. The van der Waals surface area contributed by atoms with E-state index in [0.29, 0.717) is 28.7 Å². The Bertz CT molecular complexity index is 923. The van der Waals surface area contributed by atoms with Gasteiger partial charge < -0.3 is 5.32 Å². The van der Waals surface area contributed by atoms with Crippen molar-refractivity contribution in [3.8, 4) is 11.1 Å². The highest BCUT2D eigenvalue weighted by Crippen LogP contribution is 2.29. The third kappa shape index (κ3) is 2.98. The Hall–Kier alpha value is -2.24. The predicted octanol–water partition coefficient (Wildman–Crippen LogP) is 3.31. The zero-order valence-electron chi connectivity index (χ0n) is 12.5. The standard InChI is InChI=1S/C17H15ClFN3O/c1-2-20-10-11-3-4-13(15(19)9-11)12-7-8-21-17-14(12)5-6-16(23)22(17)18/h3-9,20H,2,10H2,1H3. The Morgan fingerprint density at radius 3 is 2.78 bits per heavy atom. The van der Waals surface area contributed by atoms with Crippen LogP contribution in [0.15, 0.2) is 47.4 Å². The molecule has 23 heavy (non-hydrogen) atoms. The molecule has 1 N–H and O–H groups in total. The van der Waals surface area contributed by atoms with E-state index in [1.807, 2.05) is 13.0 Å². The van der Waals surface area contributed by atoms with E-state index in [0.717, 1.165) is 16.2 Å². The molecule has 0 fully saturated rings. The monoisotopic (exact) mass is 331 g/mol. The number of fused-ring (bicyclic) bond motifs is 1. The fourth-order valence-corrected chi connectivity index (χ4v) is 2.69. The van der Waals surface area contributed by atoms with Gasteiger partial charge in [0.05, 0.1) is 0 Å². The van der Waals surface area contributed by atoms with Crippen molar-refractivity contribution in [1.82, 2.24) is 14.4 Å². The molecule has 118 valence electrons. The zero-order valence-corrected chi connectivity index (χ0v) is 13.3. The van der Waals surface area contributed by atoms with Crippen LogP contribution >= 0.6 is 11.8 Å². The van der Waals surface area contributed by atoms with Gasteiger partial charge in [-0.25, -0.2) is 9.37 Å². The minimum absolute atomic E-state index is 0.313. The second kappa shape index (κ2) is 6.48. The summed E-state index contributed by atoms with van der Waals surface area (Å²) in [5, 5.41) is 3.79. The molecule has 2 heterocycles. The second-order valence-corrected chi connectivity index (χ2v) is 5.48. The summed E-state index contributed by atoms with van der Waals surface area (Å²) in [4.78, 5) is 15.7. The van der Waals surface area contributed by atoms with Crippen molar-refractivity contribution in [1.29, 1.82) is 0 Å². The number of halogens is 2. The van der Waals surface area contributed by atoms with Gasteiger partial charge >= 0.3 is 0 Å². The van der Waals surface area contributed by atoms with Crippen LogP contribution in [0.25, 0.3) is 22.2 Å². The Labute approximate surface area is 137 Å². The molecular weight excluding hydrogens is 317 g/mol. The van der Waals surface area contributed by atoms with Crippen LogP contribution in [0.2, 0.25) is 0 Å². The van der Waals surface area contributed by atoms with Crippen LogP contribution in [0, 0.1) is 5.82 Å². The minimum Gasteiger partial charge on any atom is -0.313 e. The lowest BCUT2D eigenvalue weighted by Gasteiger charge is -2.10. The number of hydrogen-bond donors (Lipinski definition) is 1. The Kier molecular flexibility index (Phi) is 4.41. The van der Waals surface area contributed by atoms with Gasteiger partial charge in [0.1, 0.15) is 5.82 Å². The van der Waals surface area contributed by atoms with Crippen molar-refractivity contribution < 1.29 is 4.39 Å². The van der Waals surface area contributed by atoms with Gasteiger partial charge in [0, 0.05) is 41.5 Å². The summed E-state index contributed by atoms with van der Waals surface area (Å²) in [6.07, 6.45) is 1.52. The molecule has 0 saturated carbocycles. The highest BCUT2D eigenvalue weighted by atomic mass is 35.5. The van der Waals surface area contributed by atoms with Crippen LogP contribution in [-0.2, 0) is 6.54 Å². The van der Waals surface area contributed by atoms with E-state index in [9.17, 15) is 9.18 Å². The summed E-state index contributed by atoms with van der Waals surface area (Å²) in [7, 11) is 0. The van der Waals surface area contributed by atoms with Crippen LogP contribution in [0.4, 0.5) is 4.39 Å². The molecule has 0 aliphatic heterocycles. The number of benzene rings is 1. The Morgan fingerprint density at radius 2 is 2.04 bits per heavy atom. The van der Waals surface area contributed by atoms with Gasteiger partial charge in [0.15, 0.2) is 5.65 Å². The van der Waals surface area contributed by atoms with E-state index in [4.69, 9.17) is 11.8 Å². The topological polar surface area (TPSA) is 46.9 Å². The molecule has 0 aliphatic carbocycles. The first-order chi connectivity index (χ1) is 11.1. The minimum atomic E-state index is -0.370. The molecule has 1 aromatic carbocycles. The second-order valence-electron chi connectivity index (χ2n) is 5.14. The Morgan fingerprint density at radius 1 is 1.22 bits per heavy atom. The molecule has 3 aromatic rings. The predicted molar refractivity (Wildman–Crippen MR) is 90.0 cm³/mol. The van der Waals surface area contributed by atoms with Gasteiger partial charge in [0.25, 0.3) is 5.56 Å². The van der Waals surface area contributed by atoms with Crippen LogP contribution in [-0.4, -0.2) is 15.6 Å². The van der Waals surface area contributed by atoms with E-state index in [1.165, 1.54) is 18.3 Å². The van der Waals surface area contributed by atoms with E-state index < -0.39 is 0 Å². The van der Waals surface area contributed by atoms with E-state index in [-0.39, 0.29) is 11.4 Å². The first-order valence-electron chi connectivity index (χ1n) is 7.28. The lowest BCUT2D eigenvalue weighted by atomic mass is 10.0. The van der Waals surface area contributed by atoms with Crippen molar-refractivity contribution in [2.24, 2.45) is 0 Å². The molecule has 6 heteroatoms. The van der Waals surface area contributed by atoms with Crippen molar-refractivity contribution in [2.45, 2.75) is 13.5 Å². The van der Waals surface area contributed by atoms with E-state index >= 15 is 0 Å². The lowest BCUT2D eigenvalue weighted by molar-refractivity contribution is 0.625. The Balaban J connectivity index is 2.14. The molecule has 2 aromatic heterocycles. The molecule has 0 bridgehead atoms. The summed E-state index contributed by atoms with van der Waals surface area (Å²) >= 11 is 5.95. The van der Waals surface area contributed by atoms with Crippen LogP contribution in [0.5, 0.6) is 0 Å². The van der Waals surface area contributed by atoms with Gasteiger partial charge in [-0.1, -0.05) is 19.1 Å². The van der Waals surface area contributed by atoms with Gasteiger partial charge in [-0.3, -0.25) is 4.79 Å². The third-order valence-electron chi connectivity index (χ3n) is 3.64. The molecule has 0 amide bonds. The smallest absolute Gasteiger partial charge is 0.266 e. The highest BCUT2D eigenvalue weighted by Gasteiger charge is 2.12. The maximum atomic E-state index is 14.5. The van der Waals surface area contributed by atoms with E-state index in [1.54, 1.807) is 18.2 Å². The first-order valence-corrected chi connectivity index (χ1v) is 7.62. The van der Waals surface area contributed by atoms with Crippen LogP contribution in [0.3, 0.4) is 0 Å². The lowest BCUT2D eigenvalue weighted by Crippen LogP contribution is -2.12. The quantitative estimate of drug-likeness (QED) is 0.798. The average molecular weight is 332 g/mol. The third-order valence-corrected chi connectivity index (χ3v) is 3.97. The fraction of sp³-hybridized carbons (Fsp3) is 0.176. The van der Waals surface area contributed by atoms with Crippen LogP contribution in [0.1, 0.15) is 12.5 Å². The van der Waals surface area contributed by atoms with Gasteiger partial charge in [0.2, 0.25) is 0 Å². The van der Waals surface area contributed by atoms with Crippen molar-refractivity contribution >= 4 is 22.8 Å². The van der Waals surface area contributed by atoms with Gasteiger partial charge in [-0.15, -0.1) is 0 Å². The average Bonchev–Trinajstić information content (AvgIpc) is 2.56. The summed E-state index contributed by atoms with van der Waals surface area (Å²) in [6, 6.07) is 9.81. The molecular formula is C17H15ClFN3O. The zero-order chi connectivity index (χ0) is 16.4. The molecule has 0 unspecified atom stereocenters.